The highest BCUT2D eigenvalue weighted by molar-refractivity contribution is 7.09. The predicted molar refractivity (Wildman–Crippen MR) is 74.8 cm³/mol. The van der Waals surface area contributed by atoms with Gasteiger partial charge in [0.2, 0.25) is 5.91 Å². The number of carbonyl (C=O) groups excluding carboxylic acids is 2. The molecule has 1 aromatic rings. The number of carboxylic acids is 1. The zero-order valence-electron chi connectivity index (χ0n) is 11.5. The minimum atomic E-state index is -1.12. The average molecular weight is 312 g/mol. The Labute approximate surface area is 125 Å². The Morgan fingerprint density at radius 3 is 3.00 bits per heavy atom. The lowest BCUT2D eigenvalue weighted by atomic mass is 10.1. The van der Waals surface area contributed by atoms with E-state index in [1.807, 2.05) is 12.3 Å². The van der Waals surface area contributed by atoms with Crippen molar-refractivity contribution in [3.05, 3.63) is 16.1 Å². The highest BCUT2D eigenvalue weighted by atomic mass is 32.1. The number of aromatic nitrogens is 1. The molecule has 1 fully saturated rings. The summed E-state index contributed by atoms with van der Waals surface area (Å²) in [5.74, 6) is -1.56. The summed E-state index contributed by atoms with van der Waals surface area (Å²) in [6.07, 6.45) is -0.407. The second kappa shape index (κ2) is 6.53. The minimum absolute atomic E-state index is 0.259. The number of thiazole rings is 1. The molecule has 2 rings (SSSR count). The van der Waals surface area contributed by atoms with E-state index in [0.29, 0.717) is 6.54 Å². The van der Waals surface area contributed by atoms with Gasteiger partial charge in [-0.1, -0.05) is 0 Å². The van der Waals surface area contributed by atoms with E-state index in [1.54, 1.807) is 0 Å². The van der Waals surface area contributed by atoms with Crippen LogP contribution < -0.4 is 10.6 Å². The van der Waals surface area contributed by atoms with Crippen molar-refractivity contribution in [1.82, 2.24) is 20.5 Å². The third-order valence-corrected chi connectivity index (χ3v) is 3.98. The van der Waals surface area contributed by atoms with Crippen LogP contribution in [0.4, 0.5) is 4.79 Å². The molecule has 0 radical (unpaired) electrons. The molecule has 0 bridgehead atoms. The van der Waals surface area contributed by atoms with E-state index in [0.717, 1.165) is 10.7 Å². The minimum Gasteiger partial charge on any atom is -0.481 e. The maximum atomic E-state index is 12.1. The van der Waals surface area contributed by atoms with E-state index < -0.39 is 30.4 Å². The first-order valence-electron chi connectivity index (χ1n) is 6.42. The summed E-state index contributed by atoms with van der Waals surface area (Å²) >= 11 is 1.43. The van der Waals surface area contributed by atoms with Crippen molar-refractivity contribution in [2.24, 2.45) is 0 Å². The maximum absolute atomic E-state index is 12.1. The summed E-state index contributed by atoms with van der Waals surface area (Å²) < 4.78 is 0. The van der Waals surface area contributed by atoms with Gasteiger partial charge in [-0.25, -0.2) is 9.78 Å². The van der Waals surface area contributed by atoms with Crippen molar-refractivity contribution in [1.29, 1.82) is 0 Å². The van der Waals surface area contributed by atoms with Crippen LogP contribution in [0.1, 0.15) is 17.1 Å². The monoisotopic (exact) mass is 312 g/mol. The number of amides is 3. The van der Waals surface area contributed by atoms with Gasteiger partial charge in [-0.05, 0) is 6.92 Å². The molecule has 1 atom stereocenters. The summed E-state index contributed by atoms with van der Waals surface area (Å²) in [5.41, 5.74) is 0.880. The van der Waals surface area contributed by atoms with Crippen LogP contribution in [0.3, 0.4) is 0 Å². The average Bonchev–Trinajstić information content (AvgIpc) is 2.84. The molecule has 2 heterocycles. The fourth-order valence-corrected chi connectivity index (χ4v) is 2.77. The van der Waals surface area contributed by atoms with Gasteiger partial charge in [0, 0.05) is 24.2 Å². The molecule has 1 aliphatic rings. The number of carboxylic acid groups (broad SMARTS) is 1. The van der Waals surface area contributed by atoms with Crippen molar-refractivity contribution in [2.75, 3.05) is 13.1 Å². The summed E-state index contributed by atoms with van der Waals surface area (Å²) in [6.45, 7) is 2.72. The number of aryl methyl sites for hydroxylation is 1. The molecule has 8 nitrogen and oxygen atoms in total. The van der Waals surface area contributed by atoms with Crippen molar-refractivity contribution in [3.63, 3.8) is 0 Å². The molecule has 3 N–H and O–H groups in total. The lowest BCUT2D eigenvalue weighted by Crippen LogP contribution is -2.59. The molecule has 9 heteroatoms. The van der Waals surface area contributed by atoms with Crippen LogP contribution in [-0.4, -0.2) is 52.0 Å². The van der Waals surface area contributed by atoms with Gasteiger partial charge in [0.25, 0.3) is 0 Å². The molecular formula is C12H16N4O4S. The zero-order chi connectivity index (χ0) is 15.4. The topological polar surface area (TPSA) is 112 Å². The molecule has 1 saturated heterocycles. The molecule has 1 aromatic heterocycles. The van der Waals surface area contributed by atoms with Gasteiger partial charge >= 0.3 is 12.0 Å². The zero-order valence-corrected chi connectivity index (χ0v) is 12.3. The third-order valence-electron chi connectivity index (χ3n) is 3.02. The largest absolute Gasteiger partial charge is 0.481 e. The molecule has 0 spiro atoms. The first kappa shape index (κ1) is 15.2. The lowest BCUT2D eigenvalue weighted by Gasteiger charge is -2.34. The highest BCUT2D eigenvalue weighted by Gasteiger charge is 2.34. The molecule has 114 valence electrons. The number of piperazine rings is 1. The second-order valence-corrected chi connectivity index (χ2v) is 5.58. The Kier molecular flexibility index (Phi) is 4.73. The smallest absolute Gasteiger partial charge is 0.318 e. The molecular weight excluding hydrogens is 296 g/mol. The van der Waals surface area contributed by atoms with Gasteiger partial charge in [0.05, 0.1) is 13.0 Å². The van der Waals surface area contributed by atoms with Gasteiger partial charge in [-0.3, -0.25) is 9.59 Å². The summed E-state index contributed by atoms with van der Waals surface area (Å²) in [6, 6.07) is -1.43. The summed E-state index contributed by atoms with van der Waals surface area (Å²) in [4.78, 5) is 40.1. The van der Waals surface area contributed by atoms with Crippen LogP contribution in [0.5, 0.6) is 0 Å². The molecule has 1 unspecified atom stereocenters. The van der Waals surface area contributed by atoms with Gasteiger partial charge in [0.15, 0.2) is 0 Å². The van der Waals surface area contributed by atoms with Crippen LogP contribution in [0.15, 0.2) is 5.38 Å². The van der Waals surface area contributed by atoms with Crippen molar-refractivity contribution in [2.45, 2.75) is 25.9 Å². The second-order valence-electron chi connectivity index (χ2n) is 4.64. The number of nitrogens with zero attached hydrogens (tertiary/aromatic N) is 2. The number of carbonyl (C=O) groups is 3. The van der Waals surface area contributed by atoms with Crippen LogP contribution >= 0.6 is 11.3 Å². The Bertz CT molecular complexity index is 559. The van der Waals surface area contributed by atoms with Gasteiger partial charge < -0.3 is 20.6 Å². The maximum Gasteiger partial charge on any atom is 0.318 e. The Hall–Kier alpha value is -2.16. The van der Waals surface area contributed by atoms with E-state index in [-0.39, 0.29) is 13.1 Å². The number of hydrogen-bond donors (Lipinski definition) is 3. The third kappa shape index (κ3) is 3.91. The Morgan fingerprint density at radius 2 is 2.38 bits per heavy atom. The van der Waals surface area contributed by atoms with Gasteiger partial charge in [-0.2, -0.15) is 0 Å². The normalized spacial score (nSPS) is 18.2. The fourth-order valence-electron chi connectivity index (χ4n) is 2.06. The molecule has 0 aromatic carbocycles. The first-order valence-corrected chi connectivity index (χ1v) is 7.30. The van der Waals surface area contributed by atoms with E-state index in [9.17, 15) is 14.4 Å². The Balaban J connectivity index is 1.98. The van der Waals surface area contributed by atoms with Gasteiger partial charge in [-0.15, -0.1) is 11.3 Å². The fraction of sp³-hybridized carbons (Fsp3) is 0.500. The summed E-state index contributed by atoms with van der Waals surface area (Å²) in [7, 11) is 0. The van der Waals surface area contributed by atoms with E-state index >= 15 is 0 Å². The summed E-state index contributed by atoms with van der Waals surface area (Å²) in [5, 5.41) is 16.7. The predicted octanol–water partition coefficient (Wildman–Crippen LogP) is -0.0638. The molecule has 21 heavy (non-hydrogen) atoms. The quantitative estimate of drug-likeness (QED) is 0.721. The molecule has 3 amide bonds. The molecule has 1 aliphatic heterocycles. The highest BCUT2D eigenvalue weighted by Crippen LogP contribution is 2.11. The van der Waals surface area contributed by atoms with Crippen molar-refractivity contribution >= 4 is 29.2 Å². The van der Waals surface area contributed by atoms with Crippen LogP contribution in [0, 0.1) is 6.92 Å². The number of nitrogens with one attached hydrogen (secondary N) is 2. The van der Waals surface area contributed by atoms with E-state index in [1.165, 1.54) is 16.2 Å². The SMILES string of the molecule is Cc1csc(CNC(=O)N2CCNC(=O)C2CC(=O)O)n1. The van der Waals surface area contributed by atoms with Crippen molar-refractivity contribution in [3.8, 4) is 0 Å². The van der Waals surface area contributed by atoms with Crippen LogP contribution in [-0.2, 0) is 16.1 Å². The van der Waals surface area contributed by atoms with Crippen molar-refractivity contribution < 1.29 is 19.5 Å². The number of urea groups is 1. The molecule has 0 saturated carbocycles. The van der Waals surface area contributed by atoms with E-state index in [2.05, 4.69) is 15.6 Å². The standard InChI is InChI=1S/C12H16N4O4S/c1-7-6-21-9(15-7)5-14-12(20)16-3-2-13-11(19)8(16)4-10(17)18/h6,8H,2-5H2,1H3,(H,13,19)(H,14,20)(H,17,18). The van der Waals surface area contributed by atoms with E-state index in [4.69, 9.17) is 5.11 Å². The first-order chi connectivity index (χ1) is 9.97. The number of rotatable bonds is 4. The van der Waals surface area contributed by atoms with Crippen LogP contribution in [0.25, 0.3) is 0 Å². The van der Waals surface area contributed by atoms with Gasteiger partial charge in [0.1, 0.15) is 11.0 Å². The van der Waals surface area contributed by atoms with Crippen LogP contribution in [0.2, 0.25) is 0 Å². The lowest BCUT2D eigenvalue weighted by molar-refractivity contribution is -0.142. The number of aliphatic carboxylic acids is 1. The molecule has 0 aliphatic carbocycles. The number of hydrogen-bond acceptors (Lipinski definition) is 5. The Morgan fingerprint density at radius 1 is 1.62 bits per heavy atom.